The summed E-state index contributed by atoms with van der Waals surface area (Å²) < 4.78 is 1.20. The molecule has 4 heteroatoms. The first-order valence-corrected chi connectivity index (χ1v) is 9.21. The zero-order valence-electron chi connectivity index (χ0n) is 12.3. The summed E-state index contributed by atoms with van der Waals surface area (Å²) in [6, 6.07) is 11.1. The minimum Gasteiger partial charge on any atom is -0.377 e. The first kappa shape index (κ1) is 15.1. The topological polar surface area (TPSA) is 15.3 Å². The number of halogens is 1. The fraction of sp³-hybridized carbons (Fsp3) is 0.412. The molecule has 1 fully saturated rings. The van der Waals surface area contributed by atoms with Crippen LogP contribution in [0.5, 0.6) is 0 Å². The number of anilines is 1. The molecule has 2 nitrogen and oxygen atoms in total. The number of rotatable bonds is 5. The van der Waals surface area contributed by atoms with Gasteiger partial charge in [-0.3, -0.25) is 4.90 Å². The molecule has 1 aliphatic rings. The molecule has 1 aromatic heterocycles. The molecule has 2 heterocycles. The summed E-state index contributed by atoms with van der Waals surface area (Å²) in [6.07, 6.45) is 2.68. The van der Waals surface area contributed by atoms with Crippen molar-refractivity contribution in [1.29, 1.82) is 0 Å². The maximum Gasteiger partial charge on any atom is 0.0589 e. The molecular formula is C17H21BrN2S. The molecule has 1 unspecified atom stereocenters. The molecule has 1 aliphatic heterocycles. The molecule has 112 valence electrons. The van der Waals surface area contributed by atoms with E-state index in [-0.39, 0.29) is 0 Å². The van der Waals surface area contributed by atoms with Crippen molar-refractivity contribution in [2.45, 2.75) is 32.4 Å². The van der Waals surface area contributed by atoms with E-state index in [1.165, 1.54) is 46.5 Å². The zero-order valence-corrected chi connectivity index (χ0v) is 14.7. The van der Waals surface area contributed by atoms with E-state index >= 15 is 0 Å². The summed E-state index contributed by atoms with van der Waals surface area (Å²) in [7, 11) is 0. The summed E-state index contributed by atoms with van der Waals surface area (Å²) in [4.78, 5) is 3.90. The highest BCUT2D eigenvalue weighted by Gasteiger charge is 2.16. The number of benzene rings is 1. The Labute approximate surface area is 139 Å². The Kier molecular flexibility index (Phi) is 4.99. The lowest BCUT2D eigenvalue weighted by atomic mass is 10.1. The Morgan fingerprint density at radius 1 is 1.24 bits per heavy atom. The quantitative estimate of drug-likeness (QED) is 0.776. The van der Waals surface area contributed by atoms with Gasteiger partial charge in [0.25, 0.3) is 0 Å². The van der Waals surface area contributed by atoms with Crippen LogP contribution in [-0.2, 0) is 6.54 Å². The van der Waals surface area contributed by atoms with Crippen LogP contribution in [0.1, 0.15) is 36.2 Å². The highest BCUT2D eigenvalue weighted by molar-refractivity contribution is 9.10. The number of thiophene rings is 1. The van der Waals surface area contributed by atoms with E-state index < -0.39 is 0 Å². The maximum atomic E-state index is 3.68. The van der Waals surface area contributed by atoms with E-state index in [1.807, 2.05) is 0 Å². The van der Waals surface area contributed by atoms with Gasteiger partial charge in [-0.1, -0.05) is 18.2 Å². The van der Waals surface area contributed by atoms with E-state index in [2.05, 4.69) is 68.8 Å². The molecule has 3 rings (SSSR count). The number of para-hydroxylation sites is 1. The van der Waals surface area contributed by atoms with Crippen LogP contribution in [0.2, 0.25) is 0 Å². The normalized spacial score (nSPS) is 17.0. The highest BCUT2D eigenvalue weighted by Crippen LogP contribution is 2.32. The fourth-order valence-electron chi connectivity index (χ4n) is 2.89. The predicted molar refractivity (Wildman–Crippen MR) is 95.0 cm³/mol. The van der Waals surface area contributed by atoms with Crippen molar-refractivity contribution >= 4 is 33.0 Å². The Balaban J connectivity index is 1.74. The Morgan fingerprint density at radius 3 is 2.71 bits per heavy atom. The highest BCUT2D eigenvalue weighted by atomic mass is 79.9. The van der Waals surface area contributed by atoms with Gasteiger partial charge in [0.2, 0.25) is 0 Å². The molecular weight excluding hydrogens is 344 g/mol. The third kappa shape index (κ3) is 3.68. The first-order chi connectivity index (χ1) is 10.2. The molecule has 0 radical (unpaired) electrons. The number of nitrogens with zero attached hydrogens (tertiary/aromatic N) is 1. The number of likely N-dealkylation sites (tertiary alicyclic amines) is 1. The Hall–Kier alpha value is -0.840. The van der Waals surface area contributed by atoms with Crippen molar-refractivity contribution in [2.75, 3.05) is 18.4 Å². The second-order valence-electron chi connectivity index (χ2n) is 5.64. The maximum absolute atomic E-state index is 3.68. The van der Waals surface area contributed by atoms with Gasteiger partial charge in [0.1, 0.15) is 0 Å². The molecule has 0 aliphatic carbocycles. The third-order valence-corrected chi connectivity index (χ3v) is 6.07. The molecule has 21 heavy (non-hydrogen) atoms. The second-order valence-corrected chi connectivity index (χ2v) is 7.44. The minimum atomic E-state index is 0.319. The van der Waals surface area contributed by atoms with Crippen molar-refractivity contribution in [1.82, 2.24) is 4.90 Å². The molecule has 1 atom stereocenters. The molecule has 1 N–H and O–H groups in total. The first-order valence-electron chi connectivity index (χ1n) is 7.54. The largest absolute Gasteiger partial charge is 0.377 e. The summed E-state index contributed by atoms with van der Waals surface area (Å²) in [5.41, 5.74) is 2.66. The predicted octanol–water partition coefficient (Wildman–Crippen LogP) is 5.28. The van der Waals surface area contributed by atoms with Crippen LogP contribution in [0.15, 0.2) is 40.2 Å². The van der Waals surface area contributed by atoms with Gasteiger partial charge in [-0.15, -0.1) is 11.3 Å². The van der Waals surface area contributed by atoms with Gasteiger partial charge in [0.05, 0.1) is 6.04 Å². The zero-order chi connectivity index (χ0) is 14.7. The second kappa shape index (κ2) is 6.95. The van der Waals surface area contributed by atoms with E-state index in [1.54, 1.807) is 11.3 Å². The van der Waals surface area contributed by atoms with Crippen LogP contribution in [0.4, 0.5) is 5.69 Å². The van der Waals surface area contributed by atoms with Crippen LogP contribution >= 0.6 is 27.3 Å². The molecule has 0 spiro atoms. The molecule has 1 saturated heterocycles. The minimum absolute atomic E-state index is 0.319. The smallest absolute Gasteiger partial charge is 0.0589 e. The van der Waals surface area contributed by atoms with Crippen LogP contribution in [0.3, 0.4) is 0 Å². The summed E-state index contributed by atoms with van der Waals surface area (Å²) >= 11 is 5.43. The average molecular weight is 365 g/mol. The average Bonchev–Trinajstić information content (AvgIpc) is 3.12. The third-order valence-electron chi connectivity index (χ3n) is 4.02. The van der Waals surface area contributed by atoms with Gasteiger partial charge >= 0.3 is 0 Å². The van der Waals surface area contributed by atoms with Gasteiger partial charge in [-0.2, -0.15) is 0 Å². The van der Waals surface area contributed by atoms with Crippen molar-refractivity contribution in [3.63, 3.8) is 0 Å². The van der Waals surface area contributed by atoms with Crippen molar-refractivity contribution in [2.24, 2.45) is 0 Å². The summed E-state index contributed by atoms with van der Waals surface area (Å²) in [6.45, 7) is 5.76. The molecule has 1 aromatic carbocycles. The van der Waals surface area contributed by atoms with Crippen LogP contribution in [0.25, 0.3) is 0 Å². The molecule has 2 aromatic rings. The van der Waals surface area contributed by atoms with Gasteiger partial charge in [-0.05, 0) is 71.9 Å². The van der Waals surface area contributed by atoms with Crippen LogP contribution in [-0.4, -0.2) is 18.0 Å². The molecule has 0 saturated carbocycles. The fourth-order valence-corrected chi connectivity index (χ4v) is 4.62. The Bertz CT molecular complexity index is 590. The van der Waals surface area contributed by atoms with E-state index in [9.17, 15) is 0 Å². The van der Waals surface area contributed by atoms with E-state index in [0.717, 1.165) is 6.54 Å². The summed E-state index contributed by atoms with van der Waals surface area (Å²) in [5, 5.41) is 5.81. The lowest BCUT2D eigenvalue weighted by molar-refractivity contribution is 0.332. The van der Waals surface area contributed by atoms with Crippen LogP contribution < -0.4 is 5.32 Å². The van der Waals surface area contributed by atoms with Crippen LogP contribution in [0, 0.1) is 0 Å². The van der Waals surface area contributed by atoms with E-state index in [0.29, 0.717) is 6.04 Å². The van der Waals surface area contributed by atoms with Gasteiger partial charge in [0.15, 0.2) is 0 Å². The lowest BCUT2D eigenvalue weighted by Gasteiger charge is -2.21. The monoisotopic (exact) mass is 364 g/mol. The van der Waals surface area contributed by atoms with Gasteiger partial charge in [0, 0.05) is 21.6 Å². The number of hydrogen-bond donors (Lipinski definition) is 1. The van der Waals surface area contributed by atoms with Gasteiger partial charge < -0.3 is 5.32 Å². The summed E-state index contributed by atoms with van der Waals surface area (Å²) in [5.74, 6) is 0. The number of nitrogens with one attached hydrogen (secondary N) is 1. The Morgan fingerprint density at radius 2 is 2.00 bits per heavy atom. The van der Waals surface area contributed by atoms with Crippen molar-refractivity contribution < 1.29 is 0 Å². The molecule has 0 amide bonds. The number of hydrogen-bond acceptors (Lipinski definition) is 3. The van der Waals surface area contributed by atoms with Gasteiger partial charge in [-0.25, -0.2) is 0 Å². The lowest BCUT2D eigenvalue weighted by Crippen LogP contribution is -2.19. The van der Waals surface area contributed by atoms with Crippen molar-refractivity contribution in [3.05, 3.63) is 50.6 Å². The molecule has 0 bridgehead atoms. The van der Waals surface area contributed by atoms with E-state index in [4.69, 9.17) is 0 Å². The SMILES string of the molecule is CC(Nc1ccccc1CN1CCCC1)c1sccc1Br. The van der Waals surface area contributed by atoms with Crippen molar-refractivity contribution in [3.8, 4) is 0 Å². The standard InChI is InChI=1S/C17H21BrN2S/c1-13(17-15(18)8-11-21-17)19-16-7-3-2-6-14(16)12-20-9-4-5-10-20/h2-3,6-8,11,13,19H,4-5,9-10,12H2,1H3.